The second-order valence-electron chi connectivity index (χ2n) is 3.76. The molecule has 0 saturated carbocycles. The third-order valence-corrected chi connectivity index (χ3v) is 3.47. The van der Waals surface area contributed by atoms with Gasteiger partial charge in [0.25, 0.3) is 16.0 Å². The molecule has 2 rings (SSSR count). The Balaban J connectivity index is 0.00000180. The van der Waals surface area contributed by atoms with Crippen molar-refractivity contribution >= 4 is 68.6 Å². The first-order valence-electron chi connectivity index (χ1n) is 5.03. The SMILES string of the molecule is O=C1C(CS(=O)(=O)O)NC(=S)N1c1ccccc1.[Na]. The molecule has 1 aliphatic heterocycles. The molecule has 0 aromatic heterocycles. The van der Waals surface area contributed by atoms with Gasteiger partial charge in [-0.2, -0.15) is 8.42 Å². The molecule has 1 aliphatic rings. The van der Waals surface area contributed by atoms with Crippen LogP contribution in [-0.4, -0.2) is 65.3 Å². The van der Waals surface area contributed by atoms with Gasteiger partial charge in [0.2, 0.25) is 0 Å². The van der Waals surface area contributed by atoms with Gasteiger partial charge in [0.05, 0.1) is 5.69 Å². The summed E-state index contributed by atoms with van der Waals surface area (Å²) in [7, 11) is -4.24. The molecule has 1 radical (unpaired) electrons. The van der Waals surface area contributed by atoms with Gasteiger partial charge in [-0.3, -0.25) is 14.2 Å². The molecule has 1 amide bonds. The molecule has 2 N–H and O–H groups in total. The van der Waals surface area contributed by atoms with E-state index in [2.05, 4.69) is 5.32 Å². The topological polar surface area (TPSA) is 86.7 Å². The normalized spacial score (nSPS) is 19.0. The summed E-state index contributed by atoms with van der Waals surface area (Å²) in [6.45, 7) is 0. The smallest absolute Gasteiger partial charge is 0.267 e. The monoisotopic (exact) mass is 309 g/mol. The van der Waals surface area contributed by atoms with Gasteiger partial charge in [0, 0.05) is 29.6 Å². The second kappa shape index (κ2) is 6.29. The first-order chi connectivity index (χ1) is 8.38. The van der Waals surface area contributed by atoms with Crippen molar-refractivity contribution in [2.45, 2.75) is 6.04 Å². The number of rotatable bonds is 3. The van der Waals surface area contributed by atoms with E-state index in [9.17, 15) is 13.2 Å². The molecular formula is C10H10N2NaO4S2. The molecule has 1 atom stereocenters. The van der Waals surface area contributed by atoms with E-state index in [1.807, 2.05) is 0 Å². The van der Waals surface area contributed by atoms with Crippen LogP contribution in [0.5, 0.6) is 0 Å². The number of para-hydroxylation sites is 1. The minimum Gasteiger partial charge on any atom is -0.349 e. The van der Waals surface area contributed by atoms with Crippen molar-refractivity contribution in [2.24, 2.45) is 0 Å². The van der Waals surface area contributed by atoms with E-state index < -0.39 is 27.8 Å². The van der Waals surface area contributed by atoms with Gasteiger partial charge in [0.15, 0.2) is 5.11 Å². The number of hydrogen-bond donors (Lipinski definition) is 2. The predicted molar refractivity (Wildman–Crippen MR) is 75.6 cm³/mol. The van der Waals surface area contributed by atoms with Crippen molar-refractivity contribution < 1.29 is 17.8 Å². The van der Waals surface area contributed by atoms with E-state index in [0.29, 0.717) is 5.69 Å². The number of amides is 1. The minimum absolute atomic E-state index is 0. The average Bonchev–Trinajstić information content (AvgIpc) is 2.53. The Hall–Kier alpha value is -0.510. The van der Waals surface area contributed by atoms with Crippen molar-refractivity contribution in [3.05, 3.63) is 30.3 Å². The van der Waals surface area contributed by atoms with Gasteiger partial charge in [-0.05, 0) is 24.4 Å². The molecular weight excluding hydrogens is 299 g/mol. The van der Waals surface area contributed by atoms with E-state index in [4.69, 9.17) is 16.8 Å². The van der Waals surface area contributed by atoms with Crippen molar-refractivity contribution in [3.63, 3.8) is 0 Å². The number of carbonyl (C=O) groups excluding carboxylic acids is 1. The fourth-order valence-electron chi connectivity index (χ4n) is 1.68. The number of carbonyl (C=O) groups is 1. The van der Waals surface area contributed by atoms with E-state index in [0.717, 1.165) is 0 Å². The molecule has 0 bridgehead atoms. The van der Waals surface area contributed by atoms with Crippen LogP contribution in [0.4, 0.5) is 5.69 Å². The molecule has 97 valence electrons. The zero-order chi connectivity index (χ0) is 13.3. The quantitative estimate of drug-likeness (QED) is 0.456. The van der Waals surface area contributed by atoms with Crippen LogP contribution >= 0.6 is 12.2 Å². The van der Waals surface area contributed by atoms with E-state index in [1.54, 1.807) is 30.3 Å². The molecule has 1 aromatic carbocycles. The van der Waals surface area contributed by atoms with Gasteiger partial charge in [0.1, 0.15) is 11.8 Å². The molecule has 19 heavy (non-hydrogen) atoms. The Morgan fingerprint density at radius 1 is 1.32 bits per heavy atom. The summed E-state index contributed by atoms with van der Waals surface area (Å²) in [4.78, 5) is 13.2. The molecule has 1 unspecified atom stereocenters. The number of benzene rings is 1. The zero-order valence-electron chi connectivity index (χ0n) is 10.1. The van der Waals surface area contributed by atoms with Crippen LogP contribution in [0.3, 0.4) is 0 Å². The molecule has 0 spiro atoms. The Morgan fingerprint density at radius 2 is 1.89 bits per heavy atom. The van der Waals surface area contributed by atoms with Gasteiger partial charge >= 0.3 is 0 Å². The van der Waals surface area contributed by atoms with Gasteiger partial charge in [-0.25, -0.2) is 0 Å². The van der Waals surface area contributed by atoms with Crippen LogP contribution in [0.15, 0.2) is 30.3 Å². The fraction of sp³-hybridized carbons (Fsp3) is 0.200. The van der Waals surface area contributed by atoms with Gasteiger partial charge in [-0.15, -0.1) is 0 Å². The first kappa shape index (κ1) is 16.5. The van der Waals surface area contributed by atoms with Crippen LogP contribution in [0, 0.1) is 0 Å². The summed E-state index contributed by atoms with van der Waals surface area (Å²) in [5.41, 5.74) is 0.554. The number of anilines is 1. The van der Waals surface area contributed by atoms with Crippen LogP contribution in [0.1, 0.15) is 0 Å². The predicted octanol–water partition coefficient (Wildman–Crippen LogP) is -0.217. The van der Waals surface area contributed by atoms with E-state index >= 15 is 0 Å². The molecule has 1 heterocycles. The average molecular weight is 309 g/mol. The standard InChI is InChI=1S/C10H10N2O4S2.Na/c13-9-8(6-18(14,15)16)11-10(17)12(9)7-4-2-1-3-5-7;/h1-5,8H,6H2,(H,11,17)(H,14,15,16);. The third kappa shape index (κ3) is 3.98. The number of nitrogens with zero attached hydrogens (tertiary/aromatic N) is 1. The molecule has 6 nitrogen and oxygen atoms in total. The van der Waals surface area contributed by atoms with Crippen LogP contribution in [0.2, 0.25) is 0 Å². The Labute approximate surface area is 138 Å². The number of hydrogen-bond acceptors (Lipinski definition) is 4. The Kier molecular flexibility index (Phi) is 5.48. The van der Waals surface area contributed by atoms with Crippen molar-refractivity contribution in [1.29, 1.82) is 0 Å². The maximum absolute atomic E-state index is 12.0. The maximum atomic E-state index is 12.0. The molecule has 1 aromatic rings. The van der Waals surface area contributed by atoms with E-state index in [1.165, 1.54) is 4.90 Å². The van der Waals surface area contributed by atoms with Gasteiger partial charge in [-0.1, -0.05) is 18.2 Å². The summed E-state index contributed by atoms with van der Waals surface area (Å²) in [6, 6.07) is 7.58. The number of thiocarbonyl (C=S) groups is 1. The van der Waals surface area contributed by atoms with E-state index in [-0.39, 0.29) is 34.7 Å². The van der Waals surface area contributed by atoms with Crippen LogP contribution in [0.25, 0.3) is 0 Å². The Bertz CT molecular complexity index is 591. The summed E-state index contributed by atoms with van der Waals surface area (Å²) < 4.78 is 30.3. The second-order valence-corrected chi connectivity index (χ2v) is 5.64. The summed E-state index contributed by atoms with van der Waals surface area (Å²) in [5.74, 6) is -1.20. The van der Waals surface area contributed by atoms with Crippen LogP contribution in [-0.2, 0) is 14.9 Å². The first-order valence-corrected chi connectivity index (χ1v) is 7.05. The molecule has 1 saturated heterocycles. The molecule has 1 fully saturated rings. The summed E-state index contributed by atoms with van der Waals surface area (Å²) in [5, 5.41) is 2.70. The molecule has 9 heteroatoms. The molecule has 0 aliphatic carbocycles. The summed E-state index contributed by atoms with van der Waals surface area (Å²) >= 11 is 4.98. The summed E-state index contributed by atoms with van der Waals surface area (Å²) in [6.07, 6.45) is 0. The van der Waals surface area contributed by atoms with Crippen LogP contribution < -0.4 is 10.2 Å². The fourth-order valence-corrected chi connectivity index (χ4v) is 2.66. The van der Waals surface area contributed by atoms with Crippen molar-refractivity contribution in [1.82, 2.24) is 5.32 Å². The minimum atomic E-state index is -4.24. The van der Waals surface area contributed by atoms with Gasteiger partial charge < -0.3 is 5.32 Å². The Morgan fingerprint density at radius 3 is 2.42 bits per heavy atom. The van der Waals surface area contributed by atoms with Crippen molar-refractivity contribution in [3.8, 4) is 0 Å². The number of nitrogens with one attached hydrogen (secondary N) is 1. The van der Waals surface area contributed by atoms with Crippen molar-refractivity contribution in [2.75, 3.05) is 10.7 Å². The third-order valence-electron chi connectivity index (χ3n) is 2.41. The maximum Gasteiger partial charge on any atom is 0.267 e. The zero-order valence-corrected chi connectivity index (χ0v) is 13.7. The largest absolute Gasteiger partial charge is 0.349 e.